The summed E-state index contributed by atoms with van der Waals surface area (Å²) in [6.07, 6.45) is 12.3. The van der Waals surface area contributed by atoms with E-state index in [0.29, 0.717) is 23.1 Å². The Bertz CT molecular complexity index is 907. The fourth-order valence-electron chi connectivity index (χ4n) is 4.98. The van der Waals surface area contributed by atoms with Crippen LogP contribution >= 0.6 is 11.6 Å². The molecule has 0 spiro atoms. The number of hydrogen-bond acceptors (Lipinski definition) is 7. The molecule has 2 aromatic rings. The molecule has 32 heavy (non-hydrogen) atoms. The van der Waals surface area contributed by atoms with Gasteiger partial charge in [0, 0.05) is 36.2 Å². The lowest BCUT2D eigenvalue weighted by atomic mass is 9.89. The minimum absolute atomic E-state index is 0.164. The molecule has 1 saturated heterocycles. The molecule has 0 radical (unpaired) electrons. The zero-order valence-electron chi connectivity index (χ0n) is 18.5. The van der Waals surface area contributed by atoms with Crippen LogP contribution < -0.4 is 10.6 Å². The third kappa shape index (κ3) is 5.69. The Morgan fingerprint density at radius 1 is 1.03 bits per heavy atom. The molecule has 0 amide bonds. The Morgan fingerprint density at radius 2 is 1.81 bits per heavy atom. The highest BCUT2D eigenvalue weighted by Crippen LogP contribution is 2.36. The first-order valence-corrected chi connectivity index (χ1v) is 12.4. The van der Waals surface area contributed by atoms with Gasteiger partial charge in [-0.3, -0.25) is 0 Å². The molecule has 5 rings (SSSR count). The predicted octanol–water partition coefficient (Wildman–Crippen LogP) is 4.57. The number of aliphatic hydroxyl groups excluding tert-OH is 1. The number of anilines is 3. The van der Waals surface area contributed by atoms with E-state index < -0.39 is 0 Å². The van der Waals surface area contributed by atoms with E-state index in [1.54, 1.807) is 12.3 Å². The standard InChI is InChI=1S/C24H33ClN6O/c25-22-13-19(7-10-26-22)29-24-27-14-21(17-8-11-31(12-9-17)15-16-1-2-16)23(30-24)28-18-3-5-20(32)6-4-18/h7,10,13-14,16-18,20,32H,1-6,8-9,11-12,15H2,(H2,26,27,28,29,30). The van der Waals surface area contributed by atoms with Crippen LogP contribution in [0.4, 0.5) is 17.5 Å². The Balaban J connectivity index is 1.32. The fraction of sp³-hybridized carbons (Fsp3) is 0.625. The van der Waals surface area contributed by atoms with Gasteiger partial charge in [0.15, 0.2) is 0 Å². The molecule has 0 unspecified atom stereocenters. The average Bonchev–Trinajstić information content (AvgIpc) is 3.60. The Kier molecular flexibility index (Phi) is 6.76. The van der Waals surface area contributed by atoms with Crippen molar-refractivity contribution < 1.29 is 5.11 Å². The van der Waals surface area contributed by atoms with Crippen LogP contribution in [0.1, 0.15) is 62.8 Å². The van der Waals surface area contributed by atoms with E-state index in [-0.39, 0.29) is 6.10 Å². The van der Waals surface area contributed by atoms with Crippen molar-refractivity contribution in [3.05, 3.63) is 35.2 Å². The first kappa shape index (κ1) is 21.9. The van der Waals surface area contributed by atoms with Gasteiger partial charge in [-0.2, -0.15) is 4.98 Å². The van der Waals surface area contributed by atoms with Crippen molar-refractivity contribution in [1.82, 2.24) is 19.9 Å². The van der Waals surface area contributed by atoms with E-state index in [9.17, 15) is 5.11 Å². The number of aromatic nitrogens is 3. The zero-order valence-corrected chi connectivity index (χ0v) is 19.3. The summed E-state index contributed by atoms with van der Waals surface area (Å²) in [6.45, 7) is 3.59. The molecule has 3 heterocycles. The van der Waals surface area contributed by atoms with Gasteiger partial charge >= 0.3 is 0 Å². The van der Waals surface area contributed by atoms with E-state index in [4.69, 9.17) is 16.6 Å². The summed E-state index contributed by atoms with van der Waals surface area (Å²) in [5.74, 6) is 2.91. The second-order valence-electron chi connectivity index (χ2n) is 9.66. The number of hydrogen-bond donors (Lipinski definition) is 3. The Morgan fingerprint density at radius 3 is 2.53 bits per heavy atom. The molecule has 2 saturated carbocycles. The van der Waals surface area contributed by atoms with Gasteiger partial charge in [0.2, 0.25) is 5.95 Å². The summed E-state index contributed by atoms with van der Waals surface area (Å²) >= 11 is 6.03. The minimum atomic E-state index is -0.164. The van der Waals surface area contributed by atoms with Crippen LogP contribution in [0, 0.1) is 5.92 Å². The summed E-state index contributed by atoms with van der Waals surface area (Å²) in [4.78, 5) is 16.2. The fourth-order valence-corrected chi connectivity index (χ4v) is 5.15. The van der Waals surface area contributed by atoms with E-state index >= 15 is 0 Å². The molecule has 3 fully saturated rings. The van der Waals surface area contributed by atoms with Gasteiger partial charge in [0.25, 0.3) is 0 Å². The number of pyridine rings is 1. The van der Waals surface area contributed by atoms with Crippen LogP contribution in [0.2, 0.25) is 5.15 Å². The lowest BCUT2D eigenvalue weighted by Crippen LogP contribution is -2.35. The number of rotatable bonds is 7. The summed E-state index contributed by atoms with van der Waals surface area (Å²) in [5.41, 5.74) is 2.04. The first-order valence-electron chi connectivity index (χ1n) is 12.0. The quantitative estimate of drug-likeness (QED) is 0.526. The Labute approximate surface area is 195 Å². The van der Waals surface area contributed by atoms with Crippen LogP contribution in [0.25, 0.3) is 0 Å². The average molecular weight is 457 g/mol. The highest BCUT2D eigenvalue weighted by molar-refractivity contribution is 6.29. The minimum Gasteiger partial charge on any atom is -0.393 e. The topological polar surface area (TPSA) is 86.2 Å². The highest BCUT2D eigenvalue weighted by Gasteiger charge is 2.29. The summed E-state index contributed by atoms with van der Waals surface area (Å²) in [7, 11) is 0. The van der Waals surface area contributed by atoms with Crippen LogP contribution in [0.3, 0.4) is 0 Å². The molecule has 8 heteroatoms. The molecular weight excluding hydrogens is 424 g/mol. The maximum Gasteiger partial charge on any atom is 0.229 e. The summed E-state index contributed by atoms with van der Waals surface area (Å²) in [5, 5.41) is 17.3. The molecule has 0 aromatic carbocycles. The lowest BCUT2D eigenvalue weighted by Gasteiger charge is -2.33. The number of aliphatic hydroxyl groups is 1. The normalized spacial score (nSPS) is 24.9. The van der Waals surface area contributed by atoms with Gasteiger partial charge in [-0.05, 0) is 88.4 Å². The van der Waals surface area contributed by atoms with Crippen molar-refractivity contribution in [3.8, 4) is 0 Å². The van der Waals surface area contributed by atoms with Gasteiger partial charge < -0.3 is 20.6 Å². The number of nitrogens with one attached hydrogen (secondary N) is 2. The third-order valence-corrected chi connectivity index (χ3v) is 7.28. The van der Waals surface area contributed by atoms with Crippen molar-refractivity contribution >= 4 is 29.1 Å². The maximum atomic E-state index is 9.89. The van der Waals surface area contributed by atoms with Crippen LogP contribution in [-0.4, -0.2) is 56.7 Å². The second kappa shape index (κ2) is 9.89. The largest absolute Gasteiger partial charge is 0.393 e. The monoisotopic (exact) mass is 456 g/mol. The molecule has 172 valence electrons. The molecule has 1 aliphatic heterocycles. The van der Waals surface area contributed by atoms with Crippen molar-refractivity contribution in [2.45, 2.75) is 69.4 Å². The van der Waals surface area contributed by atoms with E-state index in [2.05, 4.69) is 25.5 Å². The van der Waals surface area contributed by atoms with Crippen LogP contribution in [0.15, 0.2) is 24.5 Å². The van der Waals surface area contributed by atoms with E-state index in [0.717, 1.165) is 69.0 Å². The van der Waals surface area contributed by atoms with Gasteiger partial charge in [-0.15, -0.1) is 0 Å². The van der Waals surface area contributed by atoms with Gasteiger partial charge in [0.05, 0.1) is 6.10 Å². The van der Waals surface area contributed by atoms with Crippen molar-refractivity contribution in [2.24, 2.45) is 5.92 Å². The Hall–Kier alpha value is -1.96. The third-order valence-electron chi connectivity index (χ3n) is 7.08. The number of piperidine rings is 1. The van der Waals surface area contributed by atoms with Gasteiger partial charge in [0.1, 0.15) is 11.0 Å². The maximum absolute atomic E-state index is 9.89. The molecule has 2 aromatic heterocycles. The van der Waals surface area contributed by atoms with E-state index in [1.807, 2.05) is 12.3 Å². The van der Waals surface area contributed by atoms with Crippen LogP contribution in [0.5, 0.6) is 0 Å². The highest BCUT2D eigenvalue weighted by atomic mass is 35.5. The van der Waals surface area contributed by atoms with Crippen LogP contribution in [-0.2, 0) is 0 Å². The lowest BCUT2D eigenvalue weighted by molar-refractivity contribution is 0.126. The second-order valence-corrected chi connectivity index (χ2v) is 10.0. The first-order chi connectivity index (χ1) is 15.6. The van der Waals surface area contributed by atoms with Crippen molar-refractivity contribution in [3.63, 3.8) is 0 Å². The SMILES string of the molecule is OC1CCC(Nc2nc(Nc3ccnc(Cl)c3)ncc2C2CCN(CC3CC3)CC2)CC1. The molecule has 0 bridgehead atoms. The van der Waals surface area contributed by atoms with Gasteiger partial charge in [-0.1, -0.05) is 11.6 Å². The molecule has 3 aliphatic rings. The number of halogens is 1. The molecule has 7 nitrogen and oxygen atoms in total. The molecular formula is C24H33ClN6O. The molecule has 2 aliphatic carbocycles. The smallest absolute Gasteiger partial charge is 0.229 e. The summed E-state index contributed by atoms with van der Waals surface area (Å²) < 4.78 is 0. The number of likely N-dealkylation sites (tertiary alicyclic amines) is 1. The zero-order chi connectivity index (χ0) is 21.9. The van der Waals surface area contributed by atoms with Gasteiger partial charge in [-0.25, -0.2) is 9.97 Å². The van der Waals surface area contributed by atoms with Crippen molar-refractivity contribution in [2.75, 3.05) is 30.3 Å². The predicted molar refractivity (Wildman–Crippen MR) is 128 cm³/mol. The number of nitrogens with zero attached hydrogens (tertiary/aromatic N) is 4. The van der Waals surface area contributed by atoms with Crippen molar-refractivity contribution in [1.29, 1.82) is 0 Å². The summed E-state index contributed by atoms with van der Waals surface area (Å²) in [6, 6.07) is 3.96. The van der Waals surface area contributed by atoms with E-state index in [1.165, 1.54) is 24.9 Å². The molecule has 3 N–H and O–H groups in total. The molecule has 0 atom stereocenters.